The summed E-state index contributed by atoms with van der Waals surface area (Å²) < 4.78 is 43.8. The number of halogens is 3. The number of nitrogens with zero attached hydrogens (tertiary/aromatic N) is 4. The lowest BCUT2D eigenvalue weighted by Crippen LogP contribution is -2.34. The highest BCUT2D eigenvalue weighted by atomic mass is 19.4. The molecule has 1 amide bonds. The third-order valence-electron chi connectivity index (χ3n) is 8.15. The van der Waals surface area contributed by atoms with Gasteiger partial charge >= 0.3 is 6.36 Å². The number of carbonyl (C=O) groups excluding carboxylic acids is 1. The second-order valence-corrected chi connectivity index (χ2v) is 12.7. The van der Waals surface area contributed by atoms with Crippen molar-refractivity contribution in [2.45, 2.75) is 85.7 Å². The van der Waals surface area contributed by atoms with Gasteiger partial charge in [0.25, 0.3) is 5.91 Å². The molecule has 2 heterocycles. The molecule has 1 fully saturated rings. The maximum atomic E-state index is 13.8. The van der Waals surface area contributed by atoms with E-state index in [1.54, 1.807) is 12.1 Å². The van der Waals surface area contributed by atoms with Gasteiger partial charge in [-0.2, -0.15) is 0 Å². The highest BCUT2D eigenvalue weighted by Gasteiger charge is 2.31. The third kappa shape index (κ3) is 10.1. The number of anilines is 1. The average molecular weight is 616 g/mol. The second kappa shape index (κ2) is 15.6. The van der Waals surface area contributed by atoms with Gasteiger partial charge in [-0.15, -0.1) is 13.2 Å². The van der Waals surface area contributed by atoms with Crippen molar-refractivity contribution in [1.82, 2.24) is 19.4 Å². The van der Waals surface area contributed by atoms with Gasteiger partial charge in [0, 0.05) is 31.7 Å². The fourth-order valence-corrected chi connectivity index (χ4v) is 5.57. The number of hydrogen-bond acceptors (Lipinski definition) is 5. The highest BCUT2D eigenvalue weighted by Crippen LogP contribution is 2.26. The Balaban J connectivity index is 1.56. The van der Waals surface area contributed by atoms with Gasteiger partial charge < -0.3 is 24.4 Å². The van der Waals surface area contributed by atoms with E-state index in [0.29, 0.717) is 29.9 Å². The van der Waals surface area contributed by atoms with E-state index in [0.717, 1.165) is 75.1 Å². The Kier molecular flexibility index (Phi) is 11.9. The van der Waals surface area contributed by atoms with Crippen LogP contribution in [0, 0.1) is 11.8 Å². The number of likely N-dealkylation sites (tertiary alicyclic amines) is 1. The molecule has 7 nitrogen and oxygen atoms in total. The number of imidazole rings is 1. The van der Waals surface area contributed by atoms with Crippen molar-refractivity contribution >= 4 is 22.9 Å². The number of aryl methyl sites for hydroxylation is 1. The summed E-state index contributed by atoms with van der Waals surface area (Å²) >= 11 is 0. The molecule has 1 aliphatic heterocycles. The van der Waals surface area contributed by atoms with Crippen molar-refractivity contribution < 1.29 is 22.7 Å². The number of aromatic nitrogens is 2. The zero-order chi connectivity index (χ0) is 31.7. The van der Waals surface area contributed by atoms with Crippen LogP contribution in [-0.2, 0) is 13.1 Å². The topological polar surface area (TPSA) is 62.6 Å². The molecule has 1 saturated heterocycles. The Morgan fingerprint density at radius 3 is 2.23 bits per heavy atom. The maximum Gasteiger partial charge on any atom is 0.573 e. The Hall–Kier alpha value is -3.27. The van der Waals surface area contributed by atoms with Crippen LogP contribution in [0.15, 0.2) is 42.5 Å². The van der Waals surface area contributed by atoms with E-state index in [9.17, 15) is 18.0 Å². The number of fused-ring (bicyclic) bond motifs is 1. The molecule has 0 bridgehead atoms. The molecule has 2 aromatic carbocycles. The molecule has 0 saturated carbocycles. The number of hydrogen-bond donors (Lipinski definition) is 1. The number of alkyl halides is 3. The quantitative estimate of drug-likeness (QED) is 0.188. The molecule has 0 unspecified atom stereocenters. The first kappa shape index (κ1) is 33.6. The summed E-state index contributed by atoms with van der Waals surface area (Å²) in [4.78, 5) is 23.1. The number of benzene rings is 2. The van der Waals surface area contributed by atoms with E-state index >= 15 is 0 Å². The first-order valence-corrected chi connectivity index (χ1v) is 16.1. The van der Waals surface area contributed by atoms with E-state index in [-0.39, 0.29) is 11.7 Å². The standard InChI is InChI=1S/C34H48F3N5O2/c1-25(2)15-21-41(22-16-26(3)4)32(43)28-11-14-30-31(23-28)42(20-8-19-40-17-6-5-7-18-40)33(39-30)38-24-27-9-12-29(13-10-27)44-34(35,36)37/h9-14,23,25-26H,5-8,15-22,24H2,1-4H3,(H,38,39). The van der Waals surface area contributed by atoms with E-state index in [4.69, 9.17) is 4.98 Å². The molecular weight excluding hydrogens is 567 g/mol. The third-order valence-corrected chi connectivity index (χ3v) is 8.15. The summed E-state index contributed by atoms with van der Waals surface area (Å²) in [6.45, 7) is 14.6. The lowest BCUT2D eigenvalue weighted by molar-refractivity contribution is -0.274. The van der Waals surface area contributed by atoms with Crippen LogP contribution in [0.2, 0.25) is 0 Å². The molecule has 4 rings (SSSR count). The smallest absolute Gasteiger partial charge is 0.406 e. The monoisotopic (exact) mass is 615 g/mol. The fourth-order valence-electron chi connectivity index (χ4n) is 5.57. The second-order valence-electron chi connectivity index (χ2n) is 12.7. The summed E-state index contributed by atoms with van der Waals surface area (Å²) in [6, 6.07) is 11.6. The number of nitrogens with one attached hydrogen (secondary N) is 1. The lowest BCUT2D eigenvalue weighted by Gasteiger charge is -2.26. The van der Waals surface area contributed by atoms with Crippen LogP contribution in [0.4, 0.5) is 19.1 Å². The van der Waals surface area contributed by atoms with Gasteiger partial charge in [0.1, 0.15) is 5.75 Å². The summed E-state index contributed by atoms with van der Waals surface area (Å²) in [5.41, 5.74) is 3.16. The van der Waals surface area contributed by atoms with E-state index in [2.05, 4.69) is 47.2 Å². The number of carbonyl (C=O) groups is 1. The Labute approximate surface area is 259 Å². The van der Waals surface area contributed by atoms with Crippen molar-refractivity contribution in [2.75, 3.05) is 38.0 Å². The summed E-state index contributed by atoms with van der Waals surface area (Å²) in [6.07, 6.45) is 1.90. The minimum atomic E-state index is -4.72. The van der Waals surface area contributed by atoms with Gasteiger partial charge in [-0.05, 0) is 99.5 Å². The minimum absolute atomic E-state index is 0.0462. The first-order chi connectivity index (χ1) is 21.0. The molecule has 10 heteroatoms. The lowest BCUT2D eigenvalue weighted by atomic mass is 10.1. The van der Waals surface area contributed by atoms with E-state index in [1.165, 1.54) is 31.4 Å². The molecule has 1 aliphatic rings. The van der Waals surface area contributed by atoms with Crippen molar-refractivity contribution in [3.8, 4) is 5.75 Å². The van der Waals surface area contributed by atoms with Crippen molar-refractivity contribution in [1.29, 1.82) is 0 Å². The van der Waals surface area contributed by atoms with Crippen LogP contribution >= 0.6 is 0 Å². The van der Waals surface area contributed by atoms with Crippen LogP contribution in [0.25, 0.3) is 11.0 Å². The molecule has 0 spiro atoms. The molecule has 1 N–H and O–H groups in total. The van der Waals surface area contributed by atoms with Crippen LogP contribution in [-0.4, -0.2) is 64.3 Å². The van der Waals surface area contributed by atoms with Gasteiger partial charge in [-0.1, -0.05) is 46.2 Å². The molecule has 44 heavy (non-hydrogen) atoms. The normalized spacial score (nSPS) is 14.5. The Morgan fingerprint density at radius 2 is 1.61 bits per heavy atom. The predicted molar refractivity (Wildman–Crippen MR) is 170 cm³/mol. The number of rotatable bonds is 15. The number of amides is 1. The van der Waals surface area contributed by atoms with Gasteiger partial charge in [0.15, 0.2) is 0 Å². The van der Waals surface area contributed by atoms with Gasteiger partial charge in [-0.3, -0.25) is 4.79 Å². The van der Waals surface area contributed by atoms with Gasteiger partial charge in [-0.25, -0.2) is 4.98 Å². The zero-order valence-electron chi connectivity index (χ0n) is 26.6. The zero-order valence-corrected chi connectivity index (χ0v) is 26.6. The predicted octanol–water partition coefficient (Wildman–Crippen LogP) is 7.96. The Bertz CT molecular complexity index is 1320. The number of ether oxygens (including phenoxy) is 1. The van der Waals surface area contributed by atoms with Gasteiger partial charge in [0.2, 0.25) is 5.95 Å². The highest BCUT2D eigenvalue weighted by molar-refractivity contribution is 5.97. The SMILES string of the molecule is CC(C)CCN(CCC(C)C)C(=O)c1ccc2nc(NCc3ccc(OC(F)(F)F)cc3)n(CCCN3CCCCC3)c2c1. The average Bonchev–Trinajstić information content (AvgIpc) is 3.32. The first-order valence-electron chi connectivity index (χ1n) is 16.1. The minimum Gasteiger partial charge on any atom is -0.406 e. The molecule has 0 aliphatic carbocycles. The number of piperidine rings is 1. The summed E-state index contributed by atoms with van der Waals surface area (Å²) in [5, 5.41) is 3.39. The summed E-state index contributed by atoms with van der Waals surface area (Å²) in [7, 11) is 0. The van der Waals surface area contributed by atoms with Crippen LogP contribution in [0.1, 0.15) is 82.1 Å². The van der Waals surface area contributed by atoms with Crippen LogP contribution in [0.5, 0.6) is 5.75 Å². The fraction of sp³-hybridized carbons (Fsp3) is 0.588. The summed E-state index contributed by atoms with van der Waals surface area (Å²) in [5.74, 6) is 1.49. The largest absolute Gasteiger partial charge is 0.573 e. The molecule has 0 radical (unpaired) electrons. The Morgan fingerprint density at radius 1 is 0.955 bits per heavy atom. The molecular formula is C34H48F3N5O2. The van der Waals surface area contributed by atoms with E-state index in [1.807, 2.05) is 23.1 Å². The van der Waals surface area contributed by atoms with Crippen LogP contribution < -0.4 is 10.1 Å². The van der Waals surface area contributed by atoms with Crippen molar-refractivity contribution in [3.63, 3.8) is 0 Å². The van der Waals surface area contributed by atoms with Crippen molar-refractivity contribution in [2.24, 2.45) is 11.8 Å². The van der Waals surface area contributed by atoms with Gasteiger partial charge in [0.05, 0.1) is 11.0 Å². The maximum absolute atomic E-state index is 13.8. The molecule has 3 aromatic rings. The van der Waals surface area contributed by atoms with Crippen molar-refractivity contribution in [3.05, 3.63) is 53.6 Å². The molecule has 0 atom stereocenters. The van der Waals surface area contributed by atoms with Crippen LogP contribution in [0.3, 0.4) is 0 Å². The van der Waals surface area contributed by atoms with E-state index < -0.39 is 6.36 Å². The molecule has 242 valence electrons. The molecule has 1 aromatic heterocycles.